The maximum Gasteiger partial charge on any atom is 0.263 e. The van der Waals surface area contributed by atoms with Crippen LogP contribution in [0.3, 0.4) is 0 Å². The molecule has 0 aromatic heterocycles. The minimum Gasteiger partial charge on any atom is -0.495 e. The van der Waals surface area contributed by atoms with Crippen molar-refractivity contribution in [3.05, 3.63) is 53.1 Å². The molecule has 0 saturated carbocycles. The third-order valence-corrected chi connectivity index (χ3v) is 5.71. The van der Waals surface area contributed by atoms with E-state index in [1.54, 1.807) is 30.3 Å². The molecule has 0 spiro atoms. The van der Waals surface area contributed by atoms with Crippen molar-refractivity contribution in [2.24, 2.45) is 10.3 Å². The average Bonchev–Trinajstić information content (AvgIpc) is 3.27. The van der Waals surface area contributed by atoms with Crippen molar-refractivity contribution in [1.82, 2.24) is 5.01 Å². The zero-order valence-corrected chi connectivity index (χ0v) is 18.5. The van der Waals surface area contributed by atoms with E-state index in [9.17, 15) is 14.4 Å². The first-order valence-corrected chi connectivity index (χ1v) is 10.5. The Morgan fingerprint density at radius 2 is 1.88 bits per heavy atom. The van der Waals surface area contributed by atoms with Crippen LogP contribution in [0.4, 0.5) is 11.4 Å². The largest absolute Gasteiger partial charge is 0.495 e. The highest BCUT2D eigenvalue weighted by atomic mass is 35.5. The Morgan fingerprint density at radius 3 is 2.50 bits per heavy atom. The van der Waals surface area contributed by atoms with Crippen LogP contribution in [-0.4, -0.2) is 48.5 Å². The Labute approximate surface area is 190 Å². The van der Waals surface area contributed by atoms with Crippen LogP contribution < -0.4 is 15.0 Å². The number of imide groups is 1. The predicted octanol–water partition coefficient (Wildman–Crippen LogP) is 3.40. The number of carbonyl (C=O) groups is 3. The predicted molar refractivity (Wildman–Crippen MR) is 119 cm³/mol. The van der Waals surface area contributed by atoms with E-state index < -0.39 is 29.8 Å². The quantitative estimate of drug-likeness (QED) is 0.672. The SMILES string of the molecule is COc1ccc(NC(=O)CN2N=N[C@@H]3C(=O)N(c4ccc(C(C)C)cc4)C(=O)[C@@H]32)cc1Cl. The Bertz CT molecular complexity index is 1100. The fraction of sp³-hybridized carbons (Fsp3) is 0.318. The van der Waals surface area contributed by atoms with Crippen molar-refractivity contribution < 1.29 is 19.1 Å². The Kier molecular flexibility index (Phi) is 5.84. The number of rotatable bonds is 6. The van der Waals surface area contributed by atoms with Crippen molar-refractivity contribution in [3.63, 3.8) is 0 Å². The molecule has 2 aromatic carbocycles. The normalized spacial score (nSPS) is 19.7. The number of nitrogens with one attached hydrogen (secondary N) is 1. The Hall–Kier alpha value is -3.46. The lowest BCUT2D eigenvalue weighted by molar-refractivity contribution is -0.123. The van der Waals surface area contributed by atoms with Crippen LogP contribution in [0.2, 0.25) is 5.02 Å². The standard InChI is InChI=1S/C22H22ClN5O4/c1-12(2)13-4-7-15(8-5-13)28-21(30)19-20(22(28)31)27(26-25-19)11-18(29)24-14-6-9-17(32-3)16(23)10-14/h4-10,12,19-20H,11H2,1-3H3,(H,24,29)/t19-,20+/m0/s1. The van der Waals surface area contributed by atoms with Crippen LogP contribution in [0, 0.1) is 0 Å². The summed E-state index contributed by atoms with van der Waals surface area (Å²) in [7, 11) is 1.50. The molecular weight excluding hydrogens is 434 g/mol. The van der Waals surface area contributed by atoms with Gasteiger partial charge in [0.25, 0.3) is 11.8 Å². The van der Waals surface area contributed by atoms with Crippen LogP contribution in [0.1, 0.15) is 25.3 Å². The van der Waals surface area contributed by atoms with E-state index in [2.05, 4.69) is 29.5 Å². The molecule has 2 atom stereocenters. The highest BCUT2D eigenvalue weighted by Gasteiger charge is 2.55. The minimum atomic E-state index is -0.962. The maximum atomic E-state index is 13.1. The highest BCUT2D eigenvalue weighted by molar-refractivity contribution is 6.32. The summed E-state index contributed by atoms with van der Waals surface area (Å²) in [4.78, 5) is 39.5. The summed E-state index contributed by atoms with van der Waals surface area (Å²) >= 11 is 6.08. The van der Waals surface area contributed by atoms with E-state index >= 15 is 0 Å². The molecule has 166 valence electrons. The second-order valence-corrected chi connectivity index (χ2v) is 8.25. The number of carbonyl (C=O) groups excluding carboxylic acids is 3. The van der Waals surface area contributed by atoms with E-state index in [-0.39, 0.29) is 6.54 Å². The van der Waals surface area contributed by atoms with Gasteiger partial charge in [0.2, 0.25) is 5.91 Å². The van der Waals surface area contributed by atoms with E-state index in [4.69, 9.17) is 16.3 Å². The second-order valence-electron chi connectivity index (χ2n) is 7.85. The van der Waals surface area contributed by atoms with E-state index in [0.717, 1.165) is 10.5 Å². The summed E-state index contributed by atoms with van der Waals surface area (Å²) in [5.74, 6) is -0.520. The second kappa shape index (κ2) is 8.58. The molecule has 4 rings (SSSR count). The van der Waals surface area contributed by atoms with Gasteiger partial charge in [-0.1, -0.05) is 42.8 Å². The fourth-order valence-corrected chi connectivity index (χ4v) is 3.97. The zero-order chi connectivity index (χ0) is 23.0. The molecule has 2 aliphatic heterocycles. The first-order chi connectivity index (χ1) is 15.3. The first kappa shape index (κ1) is 21.8. The van der Waals surface area contributed by atoms with Crippen LogP contribution in [0.15, 0.2) is 52.8 Å². The lowest BCUT2D eigenvalue weighted by Gasteiger charge is -2.20. The molecule has 1 N–H and O–H groups in total. The minimum absolute atomic E-state index is 0.243. The molecule has 0 radical (unpaired) electrons. The summed E-state index contributed by atoms with van der Waals surface area (Å²) in [6.45, 7) is 3.89. The molecule has 9 nitrogen and oxygen atoms in total. The molecule has 2 aliphatic rings. The monoisotopic (exact) mass is 455 g/mol. The number of hydrogen-bond acceptors (Lipinski definition) is 7. The first-order valence-electron chi connectivity index (χ1n) is 10.1. The molecule has 1 saturated heterocycles. The lowest BCUT2D eigenvalue weighted by Crippen LogP contribution is -2.43. The Balaban J connectivity index is 1.46. The molecule has 3 amide bonds. The van der Waals surface area contributed by atoms with Crippen LogP contribution in [0.25, 0.3) is 0 Å². The molecule has 0 unspecified atom stereocenters. The van der Waals surface area contributed by atoms with E-state index in [1.807, 2.05) is 12.1 Å². The number of fused-ring (bicyclic) bond motifs is 1. The van der Waals surface area contributed by atoms with Crippen molar-refractivity contribution in [2.45, 2.75) is 31.8 Å². The van der Waals surface area contributed by atoms with Crippen molar-refractivity contribution in [2.75, 3.05) is 23.9 Å². The number of ether oxygens (including phenoxy) is 1. The van der Waals surface area contributed by atoms with Gasteiger partial charge in [-0.25, -0.2) is 4.90 Å². The van der Waals surface area contributed by atoms with Gasteiger partial charge in [0.15, 0.2) is 12.1 Å². The van der Waals surface area contributed by atoms with Gasteiger partial charge < -0.3 is 10.1 Å². The number of amides is 3. The van der Waals surface area contributed by atoms with E-state index in [0.29, 0.717) is 28.1 Å². The van der Waals surface area contributed by atoms with Crippen molar-refractivity contribution >= 4 is 40.7 Å². The van der Waals surface area contributed by atoms with Gasteiger partial charge in [0.1, 0.15) is 12.3 Å². The Morgan fingerprint density at radius 1 is 1.16 bits per heavy atom. The maximum absolute atomic E-state index is 13.1. The third-order valence-electron chi connectivity index (χ3n) is 5.42. The molecule has 2 heterocycles. The van der Waals surface area contributed by atoms with Gasteiger partial charge in [-0.15, -0.1) is 0 Å². The summed E-state index contributed by atoms with van der Waals surface area (Å²) in [6.07, 6.45) is 0. The molecule has 10 heteroatoms. The van der Waals surface area contributed by atoms with Gasteiger partial charge in [-0.2, -0.15) is 5.11 Å². The van der Waals surface area contributed by atoms with Gasteiger partial charge in [0.05, 0.1) is 17.8 Å². The van der Waals surface area contributed by atoms with Crippen molar-refractivity contribution in [3.8, 4) is 5.75 Å². The molecule has 2 aromatic rings. The fourth-order valence-electron chi connectivity index (χ4n) is 3.71. The van der Waals surface area contributed by atoms with Crippen LogP contribution >= 0.6 is 11.6 Å². The number of anilines is 2. The number of nitrogens with zero attached hydrogens (tertiary/aromatic N) is 4. The van der Waals surface area contributed by atoms with E-state index in [1.165, 1.54) is 12.1 Å². The third kappa shape index (κ3) is 3.91. The van der Waals surface area contributed by atoms with Gasteiger partial charge in [-0.05, 0) is 41.8 Å². The number of benzene rings is 2. The molecule has 32 heavy (non-hydrogen) atoms. The van der Waals surface area contributed by atoms with Gasteiger partial charge in [0, 0.05) is 5.69 Å². The molecule has 0 aliphatic carbocycles. The van der Waals surface area contributed by atoms with Crippen LogP contribution in [0.5, 0.6) is 5.75 Å². The van der Waals surface area contributed by atoms with Crippen molar-refractivity contribution in [1.29, 1.82) is 0 Å². The lowest BCUT2D eigenvalue weighted by atomic mass is 10.0. The zero-order valence-electron chi connectivity index (χ0n) is 17.8. The number of hydrogen-bond donors (Lipinski definition) is 1. The van der Waals surface area contributed by atoms with Gasteiger partial charge >= 0.3 is 0 Å². The topological polar surface area (TPSA) is 104 Å². The van der Waals surface area contributed by atoms with Crippen LogP contribution in [-0.2, 0) is 14.4 Å². The average molecular weight is 456 g/mol. The highest BCUT2D eigenvalue weighted by Crippen LogP contribution is 2.32. The molecule has 1 fully saturated rings. The van der Waals surface area contributed by atoms with Gasteiger partial charge in [-0.3, -0.25) is 19.4 Å². The summed E-state index contributed by atoms with van der Waals surface area (Å²) < 4.78 is 5.09. The molecular formula is C22H22ClN5O4. The summed E-state index contributed by atoms with van der Waals surface area (Å²) in [6, 6.07) is 10.2. The molecule has 0 bridgehead atoms. The summed E-state index contributed by atoms with van der Waals surface area (Å²) in [5.41, 5.74) is 2.05. The summed E-state index contributed by atoms with van der Waals surface area (Å²) in [5, 5.41) is 12.1. The number of halogens is 1. The smallest absolute Gasteiger partial charge is 0.263 e. The number of methoxy groups -OCH3 is 1.